The molecule has 0 unspecified atom stereocenters. The number of hydrogen-bond acceptors (Lipinski definition) is 5. The van der Waals surface area contributed by atoms with Crippen LogP contribution in [0.5, 0.6) is 5.75 Å². The van der Waals surface area contributed by atoms with Gasteiger partial charge in [-0.15, -0.1) is 0 Å². The molecule has 3 heterocycles. The number of nitrogens with zero attached hydrogens (tertiary/aromatic N) is 6. The first-order valence-electron chi connectivity index (χ1n) is 9.21. The predicted molar refractivity (Wildman–Crippen MR) is 109 cm³/mol. The lowest BCUT2D eigenvalue weighted by Gasteiger charge is -2.10. The standard InChI is InChI=1S/C21H19N7O/c1-27-21-19(18(26-27)14-6-4-3-5-7-14)24-20(25-21)15-8-9-17(29-2)16(10-15)11-28-13-22-12-23-28/h3-10,12-13H,11H2,1-2H3,(H,24,25). The molecule has 144 valence electrons. The quantitative estimate of drug-likeness (QED) is 0.502. The van der Waals surface area contributed by atoms with Crippen molar-refractivity contribution >= 4 is 11.2 Å². The van der Waals surface area contributed by atoms with Crippen LogP contribution in [0.4, 0.5) is 0 Å². The van der Waals surface area contributed by atoms with Crippen molar-refractivity contribution in [2.45, 2.75) is 6.54 Å². The Kier molecular flexibility index (Phi) is 4.09. The zero-order valence-corrected chi connectivity index (χ0v) is 16.1. The SMILES string of the molecule is COc1ccc(-c2nc3c([nH]2)c(-c2ccccc2)nn3C)cc1Cn1cncn1. The Morgan fingerprint density at radius 3 is 2.69 bits per heavy atom. The molecule has 8 nitrogen and oxygen atoms in total. The molecule has 0 amide bonds. The number of ether oxygens (including phenoxy) is 1. The van der Waals surface area contributed by atoms with Crippen LogP contribution in [-0.2, 0) is 13.6 Å². The van der Waals surface area contributed by atoms with Crippen molar-refractivity contribution in [2.75, 3.05) is 7.11 Å². The Labute approximate surface area is 166 Å². The zero-order chi connectivity index (χ0) is 19.8. The molecule has 29 heavy (non-hydrogen) atoms. The second-order valence-corrected chi connectivity index (χ2v) is 6.74. The normalized spacial score (nSPS) is 11.2. The molecule has 3 aromatic heterocycles. The summed E-state index contributed by atoms with van der Waals surface area (Å²) >= 11 is 0. The topological polar surface area (TPSA) is 86.4 Å². The van der Waals surface area contributed by atoms with Gasteiger partial charge in [-0.1, -0.05) is 30.3 Å². The van der Waals surface area contributed by atoms with Crippen molar-refractivity contribution in [3.8, 4) is 28.4 Å². The summed E-state index contributed by atoms with van der Waals surface area (Å²) in [7, 11) is 3.57. The second kappa shape index (κ2) is 6.90. The molecule has 0 aliphatic carbocycles. The molecule has 0 radical (unpaired) electrons. The lowest BCUT2D eigenvalue weighted by molar-refractivity contribution is 0.407. The van der Waals surface area contributed by atoms with E-state index in [9.17, 15) is 0 Å². The fourth-order valence-electron chi connectivity index (χ4n) is 3.48. The summed E-state index contributed by atoms with van der Waals surface area (Å²) in [5, 5.41) is 8.82. The fraction of sp³-hybridized carbons (Fsp3) is 0.143. The number of methoxy groups -OCH3 is 1. The van der Waals surface area contributed by atoms with E-state index in [4.69, 9.17) is 9.72 Å². The van der Waals surface area contributed by atoms with E-state index in [-0.39, 0.29) is 0 Å². The maximum atomic E-state index is 5.52. The number of imidazole rings is 1. The van der Waals surface area contributed by atoms with Crippen LogP contribution in [-0.4, -0.2) is 41.6 Å². The van der Waals surface area contributed by atoms with Gasteiger partial charge in [0.05, 0.1) is 13.7 Å². The highest BCUT2D eigenvalue weighted by atomic mass is 16.5. The molecule has 0 aliphatic heterocycles. The number of nitrogens with one attached hydrogen (secondary N) is 1. The molecule has 0 saturated heterocycles. The van der Waals surface area contributed by atoms with Gasteiger partial charge in [0.2, 0.25) is 0 Å². The molecule has 0 fully saturated rings. The number of aryl methyl sites for hydroxylation is 1. The summed E-state index contributed by atoms with van der Waals surface area (Å²) in [5.74, 6) is 1.58. The highest BCUT2D eigenvalue weighted by Crippen LogP contribution is 2.30. The molecule has 0 atom stereocenters. The molecule has 0 spiro atoms. The summed E-state index contributed by atoms with van der Waals surface area (Å²) in [6.07, 6.45) is 3.21. The Balaban J connectivity index is 1.59. The van der Waals surface area contributed by atoms with E-state index < -0.39 is 0 Å². The van der Waals surface area contributed by atoms with Crippen LogP contribution in [0.2, 0.25) is 0 Å². The number of hydrogen-bond donors (Lipinski definition) is 1. The third kappa shape index (κ3) is 3.04. The molecule has 8 heteroatoms. The van der Waals surface area contributed by atoms with Gasteiger partial charge >= 0.3 is 0 Å². The van der Waals surface area contributed by atoms with E-state index in [1.54, 1.807) is 22.8 Å². The first kappa shape index (κ1) is 17.2. The Morgan fingerprint density at radius 1 is 1.07 bits per heavy atom. The summed E-state index contributed by atoms with van der Waals surface area (Å²) in [6.45, 7) is 0.564. The van der Waals surface area contributed by atoms with Crippen LogP contribution in [0.15, 0.2) is 61.2 Å². The Hall–Kier alpha value is -3.94. The maximum Gasteiger partial charge on any atom is 0.177 e. The maximum absolute atomic E-state index is 5.52. The second-order valence-electron chi connectivity index (χ2n) is 6.74. The molecule has 0 bridgehead atoms. The van der Waals surface area contributed by atoms with Crippen molar-refractivity contribution in [1.82, 2.24) is 34.5 Å². The number of fused-ring (bicyclic) bond motifs is 1. The molecule has 5 aromatic rings. The van der Waals surface area contributed by atoms with Gasteiger partial charge in [-0.05, 0) is 18.2 Å². The average Bonchev–Trinajstić information content (AvgIpc) is 3.47. The number of aromatic nitrogens is 7. The van der Waals surface area contributed by atoms with E-state index >= 15 is 0 Å². The van der Waals surface area contributed by atoms with E-state index in [1.807, 2.05) is 49.5 Å². The van der Waals surface area contributed by atoms with Gasteiger partial charge in [0.25, 0.3) is 0 Å². The fourth-order valence-corrected chi connectivity index (χ4v) is 3.48. The van der Waals surface area contributed by atoms with E-state index in [2.05, 4.69) is 26.2 Å². The van der Waals surface area contributed by atoms with Crippen LogP contribution in [0.1, 0.15) is 5.56 Å². The Bertz CT molecular complexity index is 1270. The lowest BCUT2D eigenvalue weighted by atomic mass is 10.1. The summed E-state index contributed by atoms with van der Waals surface area (Å²) in [4.78, 5) is 12.3. The third-order valence-corrected chi connectivity index (χ3v) is 4.88. The van der Waals surface area contributed by atoms with Crippen molar-refractivity contribution < 1.29 is 4.74 Å². The van der Waals surface area contributed by atoms with E-state index in [1.165, 1.54) is 6.33 Å². The molecule has 5 rings (SSSR count). The van der Waals surface area contributed by atoms with Crippen molar-refractivity contribution in [3.05, 3.63) is 66.7 Å². The minimum atomic E-state index is 0.564. The first-order valence-corrected chi connectivity index (χ1v) is 9.21. The highest BCUT2D eigenvalue weighted by Gasteiger charge is 2.17. The summed E-state index contributed by atoms with van der Waals surface area (Å²) < 4.78 is 9.08. The molecular formula is C21H19N7O. The largest absolute Gasteiger partial charge is 0.496 e. The number of benzene rings is 2. The summed E-state index contributed by atoms with van der Waals surface area (Å²) in [5.41, 5.74) is 5.64. The van der Waals surface area contributed by atoms with Crippen LogP contribution >= 0.6 is 0 Å². The molecule has 0 saturated carbocycles. The van der Waals surface area contributed by atoms with Gasteiger partial charge in [-0.3, -0.25) is 0 Å². The number of H-pyrrole nitrogens is 1. The van der Waals surface area contributed by atoms with Crippen LogP contribution in [0, 0.1) is 0 Å². The monoisotopic (exact) mass is 385 g/mol. The lowest BCUT2D eigenvalue weighted by Crippen LogP contribution is -2.02. The molecule has 1 N–H and O–H groups in total. The van der Waals surface area contributed by atoms with Crippen LogP contribution < -0.4 is 4.74 Å². The molecule has 2 aromatic carbocycles. The van der Waals surface area contributed by atoms with Gasteiger partial charge in [-0.2, -0.15) is 10.2 Å². The van der Waals surface area contributed by atoms with Gasteiger partial charge in [0.15, 0.2) is 5.65 Å². The van der Waals surface area contributed by atoms with Gasteiger partial charge in [0.1, 0.15) is 35.4 Å². The minimum Gasteiger partial charge on any atom is -0.496 e. The average molecular weight is 385 g/mol. The van der Waals surface area contributed by atoms with E-state index in [0.717, 1.165) is 45.1 Å². The smallest absolute Gasteiger partial charge is 0.177 e. The number of aromatic amines is 1. The van der Waals surface area contributed by atoms with Crippen molar-refractivity contribution in [2.24, 2.45) is 7.05 Å². The van der Waals surface area contributed by atoms with Crippen LogP contribution in [0.3, 0.4) is 0 Å². The minimum absolute atomic E-state index is 0.564. The highest BCUT2D eigenvalue weighted by molar-refractivity contribution is 5.90. The van der Waals surface area contributed by atoms with Gasteiger partial charge < -0.3 is 9.72 Å². The predicted octanol–water partition coefficient (Wildman–Crippen LogP) is 3.28. The Morgan fingerprint density at radius 2 is 1.93 bits per heavy atom. The van der Waals surface area contributed by atoms with Gasteiger partial charge in [0, 0.05) is 23.7 Å². The van der Waals surface area contributed by atoms with Crippen molar-refractivity contribution in [3.63, 3.8) is 0 Å². The van der Waals surface area contributed by atoms with Crippen LogP contribution in [0.25, 0.3) is 33.8 Å². The molecular weight excluding hydrogens is 366 g/mol. The molecule has 0 aliphatic rings. The summed E-state index contributed by atoms with van der Waals surface area (Å²) in [6, 6.07) is 16.1. The zero-order valence-electron chi connectivity index (χ0n) is 16.1. The van der Waals surface area contributed by atoms with E-state index in [0.29, 0.717) is 6.54 Å². The third-order valence-electron chi connectivity index (χ3n) is 4.88. The van der Waals surface area contributed by atoms with Gasteiger partial charge in [-0.25, -0.2) is 19.3 Å². The first-order chi connectivity index (χ1) is 14.2. The van der Waals surface area contributed by atoms with Crippen molar-refractivity contribution in [1.29, 1.82) is 0 Å². The number of rotatable bonds is 5.